The molecule has 0 saturated heterocycles. The predicted octanol–water partition coefficient (Wildman–Crippen LogP) is 3.31. The summed E-state index contributed by atoms with van der Waals surface area (Å²) in [4.78, 5) is 0. The van der Waals surface area contributed by atoms with Gasteiger partial charge in [-0.25, -0.2) is 13.2 Å². The highest BCUT2D eigenvalue weighted by Crippen LogP contribution is 2.29. The smallest absolute Gasteiger partial charge is 0.196 e. The lowest BCUT2D eigenvalue weighted by atomic mass is 10.2. The molecule has 0 spiro atoms. The van der Waals surface area contributed by atoms with Gasteiger partial charge in [-0.3, -0.25) is 5.10 Å². The van der Waals surface area contributed by atoms with Crippen LogP contribution in [0.15, 0.2) is 30.5 Å². The first kappa shape index (κ1) is 12.3. The SMILES string of the molecule is Nc1cc2cn[nH]c2cc1Nc1ccc(F)c(F)c1F. The van der Waals surface area contributed by atoms with E-state index in [4.69, 9.17) is 5.73 Å². The maximum Gasteiger partial charge on any atom is 0.196 e. The van der Waals surface area contributed by atoms with E-state index in [0.717, 1.165) is 17.5 Å². The molecule has 0 unspecified atom stereocenters. The lowest BCUT2D eigenvalue weighted by Gasteiger charge is -2.11. The standard InChI is InChI=1S/C13H9F3N4/c14-7-1-2-9(13(16)12(7)15)19-11-4-10-6(3-8(11)17)5-18-20-10/h1-5,19H,17H2,(H,18,20). The molecule has 4 nitrogen and oxygen atoms in total. The minimum Gasteiger partial charge on any atom is -0.397 e. The van der Waals surface area contributed by atoms with E-state index in [1.165, 1.54) is 0 Å². The van der Waals surface area contributed by atoms with Crippen LogP contribution in [0.3, 0.4) is 0 Å². The number of rotatable bonds is 2. The molecule has 102 valence electrons. The monoisotopic (exact) mass is 278 g/mol. The van der Waals surface area contributed by atoms with E-state index < -0.39 is 17.5 Å². The average Bonchev–Trinajstić information content (AvgIpc) is 2.86. The van der Waals surface area contributed by atoms with Gasteiger partial charge < -0.3 is 11.1 Å². The second kappa shape index (κ2) is 4.44. The Hall–Kier alpha value is -2.70. The molecule has 4 N–H and O–H groups in total. The third-order valence-electron chi connectivity index (χ3n) is 2.91. The van der Waals surface area contributed by atoms with E-state index in [0.29, 0.717) is 16.9 Å². The van der Waals surface area contributed by atoms with Crippen LogP contribution in [-0.4, -0.2) is 10.2 Å². The Morgan fingerprint density at radius 2 is 1.85 bits per heavy atom. The molecule has 2 aromatic carbocycles. The van der Waals surface area contributed by atoms with Crippen LogP contribution in [-0.2, 0) is 0 Å². The van der Waals surface area contributed by atoms with Gasteiger partial charge in [-0.05, 0) is 24.3 Å². The maximum absolute atomic E-state index is 13.6. The molecule has 1 aromatic heterocycles. The summed E-state index contributed by atoms with van der Waals surface area (Å²) in [6.45, 7) is 0. The zero-order valence-electron chi connectivity index (χ0n) is 10.0. The Morgan fingerprint density at radius 1 is 1.05 bits per heavy atom. The van der Waals surface area contributed by atoms with Gasteiger partial charge in [0.25, 0.3) is 0 Å². The highest BCUT2D eigenvalue weighted by Gasteiger charge is 2.14. The van der Waals surface area contributed by atoms with Crippen LogP contribution in [0.4, 0.5) is 30.2 Å². The van der Waals surface area contributed by atoms with Crippen LogP contribution in [0.1, 0.15) is 0 Å². The molecule has 7 heteroatoms. The van der Waals surface area contributed by atoms with Gasteiger partial charge in [0.15, 0.2) is 17.5 Å². The summed E-state index contributed by atoms with van der Waals surface area (Å²) >= 11 is 0. The number of hydrogen-bond acceptors (Lipinski definition) is 3. The summed E-state index contributed by atoms with van der Waals surface area (Å²) in [5.41, 5.74) is 7.01. The zero-order chi connectivity index (χ0) is 14.3. The first-order chi connectivity index (χ1) is 9.56. The number of nitrogen functional groups attached to an aromatic ring is 1. The molecular formula is C13H9F3N4. The van der Waals surface area contributed by atoms with E-state index in [2.05, 4.69) is 15.5 Å². The van der Waals surface area contributed by atoms with Crippen molar-refractivity contribution in [2.45, 2.75) is 0 Å². The highest BCUT2D eigenvalue weighted by atomic mass is 19.2. The molecule has 0 bridgehead atoms. The van der Waals surface area contributed by atoms with Gasteiger partial charge in [-0.2, -0.15) is 5.10 Å². The minimum absolute atomic E-state index is 0.200. The normalized spacial score (nSPS) is 10.9. The summed E-state index contributed by atoms with van der Waals surface area (Å²) in [5, 5.41) is 10.0. The molecule has 20 heavy (non-hydrogen) atoms. The number of nitrogens with two attached hydrogens (primary N) is 1. The Labute approximate surface area is 111 Å². The van der Waals surface area contributed by atoms with E-state index >= 15 is 0 Å². The third-order valence-corrected chi connectivity index (χ3v) is 2.91. The second-order valence-electron chi connectivity index (χ2n) is 4.24. The molecule has 3 rings (SSSR count). The van der Waals surface area contributed by atoms with Gasteiger partial charge in [0.05, 0.1) is 28.8 Å². The van der Waals surface area contributed by atoms with Crippen molar-refractivity contribution in [1.29, 1.82) is 0 Å². The van der Waals surface area contributed by atoms with Crippen LogP contribution in [0, 0.1) is 17.5 Å². The van der Waals surface area contributed by atoms with Gasteiger partial charge in [0.1, 0.15) is 0 Å². The van der Waals surface area contributed by atoms with Crippen molar-refractivity contribution in [3.63, 3.8) is 0 Å². The van der Waals surface area contributed by atoms with Crippen molar-refractivity contribution in [1.82, 2.24) is 10.2 Å². The fraction of sp³-hybridized carbons (Fsp3) is 0. The van der Waals surface area contributed by atoms with Crippen molar-refractivity contribution < 1.29 is 13.2 Å². The van der Waals surface area contributed by atoms with Crippen molar-refractivity contribution in [2.75, 3.05) is 11.1 Å². The highest BCUT2D eigenvalue weighted by molar-refractivity contribution is 5.89. The van der Waals surface area contributed by atoms with Gasteiger partial charge in [0, 0.05) is 5.39 Å². The topological polar surface area (TPSA) is 66.7 Å². The lowest BCUT2D eigenvalue weighted by molar-refractivity contribution is 0.449. The maximum atomic E-state index is 13.6. The van der Waals surface area contributed by atoms with Crippen molar-refractivity contribution in [3.05, 3.63) is 47.9 Å². The molecule has 0 amide bonds. The van der Waals surface area contributed by atoms with E-state index in [-0.39, 0.29) is 5.69 Å². The summed E-state index contributed by atoms with van der Waals surface area (Å²) in [6, 6.07) is 5.19. The summed E-state index contributed by atoms with van der Waals surface area (Å²) < 4.78 is 39.6. The van der Waals surface area contributed by atoms with Gasteiger partial charge in [-0.15, -0.1) is 0 Å². The number of nitrogens with zero attached hydrogens (tertiary/aromatic N) is 1. The molecule has 0 saturated carbocycles. The molecule has 1 heterocycles. The van der Waals surface area contributed by atoms with Crippen LogP contribution >= 0.6 is 0 Å². The molecule has 0 aliphatic rings. The first-order valence-electron chi connectivity index (χ1n) is 5.69. The molecule has 0 fully saturated rings. The molecule has 0 aliphatic carbocycles. The number of benzene rings is 2. The average molecular weight is 278 g/mol. The van der Waals surface area contributed by atoms with E-state index in [1.54, 1.807) is 18.3 Å². The minimum atomic E-state index is -1.53. The largest absolute Gasteiger partial charge is 0.397 e. The van der Waals surface area contributed by atoms with Crippen molar-refractivity contribution in [3.8, 4) is 0 Å². The van der Waals surface area contributed by atoms with Crippen LogP contribution < -0.4 is 11.1 Å². The molecular weight excluding hydrogens is 269 g/mol. The fourth-order valence-electron chi connectivity index (χ4n) is 1.88. The lowest BCUT2D eigenvalue weighted by Crippen LogP contribution is -2.01. The number of halogens is 3. The third kappa shape index (κ3) is 1.93. The van der Waals surface area contributed by atoms with Gasteiger partial charge in [-0.1, -0.05) is 0 Å². The molecule has 0 radical (unpaired) electrons. The number of aromatic amines is 1. The van der Waals surface area contributed by atoms with Crippen molar-refractivity contribution >= 4 is 28.0 Å². The van der Waals surface area contributed by atoms with E-state index in [1.807, 2.05) is 0 Å². The number of anilines is 3. The molecule has 0 aliphatic heterocycles. The summed E-state index contributed by atoms with van der Waals surface area (Å²) in [6.07, 6.45) is 1.59. The first-order valence-corrected chi connectivity index (χ1v) is 5.69. The number of hydrogen-bond donors (Lipinski definition) is 3. The quantitative estimate of drug-likeness (QED) is 0.497. The summed E-state index contributed by atoms with van der Waals surface area (Å²) in [5.74, 6) is -4.07. The number of aromatic nitrogens is 2. The number of H-pyrrole nitrogens is 1. The van der Waals surface area contributed by atoms with Gasteiger partial charge in [0.2, 0.25) is 0 Å². The van der Waals surface area contributed by atoms with Crippen LogP contribution in [0.25, 0.3) is 10.9 Å². The predicted molar refractivity (Wildman–Crippen MR) is 70.1 cm³/mol. The Balaban J connectivity index is 2.04. The number of fused-ring (bicyclic) bond motifs is 1. The van der Waals surface area contributed by atoms with E-state index in [9.17, 15) is 13.2 Å². The number of nitrogens with one attached hydrogen (secondary N) is 2. The Kier molecular flexibility index (Phi) is 2.74. The summed E-state index contributed by atoms with van der Waals surface area (Å²) in [7, 11) is 0. The second-order valence-corrected chi connectivity index (χ2v) is 4.24. The van der Waals surface area contributed by atoms with Crippen molar-refractivity contribution in [2.24, 2.45) is 0 Å². The Bertz CT molecular complexity index is 798. The van der Waals surface area contributed by atoms with Crippen LogP contribution in [0.5, 0.6) is 0 Å². The van der Waals surface area contributed by atoms with Gasteiger partial charge >= 0.3 is 0 Å². The van der Waals surface area contributed by atoms with Crippen LogP contribution in [0.2, 0.25) is 0 Å². The zero-order valence-corrected chi connectivity index (χ0v) is 10.0. The molecule has 3 aromatic rings. The molecule has 0 atom stereocenters. The fourth-order valence-corrected chi connectivity index (χ4v) is 1.88. The Morgan fingerprint density at radius 3 is 2.65 bits per heavy atom.